The minimum absolute atomic E-state index is 0.103. The summed E-state index contributed by atoms with van der Waals surface area (Å²) in [5.41, 5.74) is 2.88. The van der Waals surface area contributed by atoms with Gasteiger partial charge < -0.3 is 15.1 Å². The Kier molecular flexibility index (Phi) is 6.15. The van der Waals surface area contributed by atoms with Crippen molar-refractivity contribution in [2.75, 3.05) is 31.1 Å². The van der Waals surface area contributed by atoms with Gasteiger partial charge in [-0.3, -0.25) is 4.79 Å². The minimum Gasteiger partial charge on any atom is -0.344 e. The van der Waals surface area contributed by atoms with E-state index >= 15 is 0 Å². The third-order valence-corrected chi connectivity index (χ3v) is 7.09. The van der Waals surface area contributed by atoms with Crippen LogP contribution in [-0.4, -0.2) is 48.0 Å². The number of amides is 1. The summed E-state index contributed by atoms with van der Waals surface area (Å²) in [7, 11) is 0. The molecule has 2 aliphatic heterocycles. The van der Waals surface area contributed by atoms with Gasteiger partial charge in [0.2, 0.25) is 5.91 Å². The standard InChI is InChI=1S/C22H29FN4OS/c1-3-24-13-18-5-4-9-27(18)22-25-19-8-10-26(14-20(19)29-22)21(28)12-16-6-7-17(23)11-15(16)2/h6-7,11,18,24H,3-5,8-10,12-14H2,1-2H3. The van der Waals surface area contributed by atoms with Crippen molar-refractivity contribution in [1.29, 1.82) is 0 Å². The maximum absolute atomic E-state index is 13.3. The Morgan fingerprint density at radius 2 is 2.24 bits per heavy atom. The molecule has 0 aliphatic carbocycles. The van der Waals surface area contributed by atoms with Gasteiger partial charge in [0.15, 0.2) is 5.13 Å². The van der Waals surface area contributed by atoms with Gasteiger partial charge in [0.1, 0.15) is 5.82 Å². The van der Waals surface area contributed by atoms with Gasteiger partial charge in [-0.25, -0.2) is 9.37 Å². The number of carbonyl (C=O) groups is 1. The Labute approximate surface area is 175 Å². The van der Waals surface area contributed by atoms with Crippen LogP contribution in [0.2, 0.25) is 0 Å². The third kappa shape index (κ3) is 4.46. The lowest BCUT2D eigenvalue weighted by Crippen LogP contribution is -2.38. The maximum Gasteiger partial charge on any atom is 0.227 e. The Bertz CT molecular complexity index is 884. The molecule has 1 aromatic heterocycles. The summed E-state index contributed by atoms with van der Waals surface area (Å²) in [6.07, 6.45) is 3.55. The van der Waals surface area contributed by atoms with Crippen LogP contribution in [0, 0.1) is 12.7 Å². The average molecular weight is 417 g/mol. The van der Waals surface area contributed by atoms with E-state index in [1.807, 2.05) is 11.8 Å². The highest BCUT2D eigenvalue weighted by atomic mass is 32.1. The van der Waals surface area contributed by atoms with Crippen molar-refractivity contribution in [3.05, 3.63) is 45.7 Å². The predicted octanol–water partition coefficient (Wildman–Crippen LogP) is 3.30. The summed E-state index contributed by atoms with van der Waals surface area (Å²) in [5, 5.41) is 4.57. The van der Waals surface area contributed by atoms with E-state index in [9.17, 15) is 9.18 Å². The van der Waals surface area contributed by atoms with Crippen LogP contribution in [0.5, 0.6) is 0 Å². The summed E-state index contributed by atoms with van der Waals surface area (Å²) in [6.45, 7) is 8.39. The number of benzene rings is 1. The highest BCUT2D eigenvalue weighted by molar-refractivity contribution is 7.15. The summed E-state index contributed by atoms with van der Waals surface area (Å²) >= 11 is 1.75. The fraction of sp³-hybridized carbons (Fsp3) is 0.545. The number of halogens is 1. The molecule has 1 atom stereocenters. The van der Waals surface area contributed by atoms with Crippen LogP contribution in [0.25, 0.3) is 0 Å². The number of nitrogens with one attached hydrogen (secondary N) is 1. The lowest BCUT2D eigenvalue weighted by atomic mass is 10.0. The highest BCUT2D eigenvalue weighted by Crippen LogP contribution is 2.34. The van der Waals surface area contributed by atoms with E-state index in [1.165, 1.54) is 29.9 Å². The van der Waals surface area contributed by atoms with E-state index in [4.69, 9.17) is 4.98 Å². The second-order valence-electron chi connectivity index (χ2n) is 7.98. The van der Waals surface area contributed by atoms with Crippen LogP contribution in [0.3, 0.4) is 0 Å². The van der Waals surface area contributed by atoms with E-state index in [-0.39, 0.29) is 11.7 Å². The minimum atomic E-state index is -0.257. The number of rotatable bonds is 6. The molecule has 156 valence electrons. The quantitative estimate of drug-likeness (QED) is 0.785. The molecule has 29 heavy (non-hydrogen) atoms. The number of hydrogen-bond donors (Lipinski definition) is 1. The fourth-order valence-electron chi connectivity index (χ4n) is 4.26. The topological polar surface area (TPSA) is 48.5 Å². The van der Waals surface area contributed by atoms with Crippen molar-refractivity contribution in [2.45, 2.75) is 52.1 Å². The zero-order chi connectivity index (χ0) is 20.4. The van der Waals surface area contributed by atoms with Gasteiger partial charge in [-0.05, 0) is 49.6 Å². The molecular weight excluding hydrogens is 387 g/mol. The second-order valence-corrected chi connectivity index (χ2v) is 9.04. The first-order valence-corrected chi connectivity index (χ1v) is 11.4. The zero-order valence-electron chi connectivity index (χ0n) is 17.2. The van der Waals surface area contributed by atoms with Crippen molar-refractivity contribution >= 4 is 22.4 Å². The van der Waals surface area contributed by atoms with Crippen LogP contribution in [0.1, 0.15) is 41.5 Å². The number of aryl methyl sites for hydroxylation is 1. The smallest absolute Gasteiger partial charge is 0.227 e. The number of aromatic nitrogens is 1. The molecule has 1 saturated heterocycles. The van der Waals surface area contributed by atoms with Crippen molar-refractivity contribution < 1.29 is 9.18 Å². The molecule has 7 heteroatoms. The van der Waals surface area contributed by atoms with Crippen molar-refractivity contribution in [3.8, 4) is 0 Å². The molecule has 4 rings (SSSR count). The number of fused-ring (bicyclic) bond motifs is 1. The van der Waals surface area contributed by atoms with Gasteiger partial charge in [-0.15, -0.1) is 0 Å². The number of likely N-dealkylation sites (N-methyl/N-ethyl adjacent to an activating group) is 1. The molecule has 3 heterocycles. The number of hydrogen-bond acceptors (Lipinski definition) is 5. The molecule has 1 fully saturated rings. The first-order chi connectivity index (χ1) is 14.0. The van der Waals surface area contributed by atoms with Crippen molar-refractivity contribution in [1.82, 2.24) is 15.2 Å². The largest absolute Gasteiger partial charge is 0.344 e. The lowest BCUT2D eigenvalue weighted by molar-refractivity contribution is -0.131. The summed E-state index contributed by atoms with van der Waals surface area (Å²) in [5.74, 6) is -0.153. The molecule has 1 aromatic carbocycles. The normalized spacial score (nSPS) is 18.9. The van der Waals surface area contributed by atoms with Gasteiger partial charge >= 0.3 is 0 Å². The van der Waals surface area contributed by atoms with E-state index < -0.39 is 0 Å². The van der Waals surface area contributed by atoms with Crippen LogP contribution in [-0.2, 0) is 24.2 Å². The lowest BCUT2D eigenvalue weighted by Gasteiger charge is -2.26. The maximum atomic E-state index is 13.3. The number of thiazole rings is 1. The molecule has 0 radical (unpaired) electrons. The van der Waals surface area contributed by atoms with Gasteiger partial charge in [-0.2, -0.15) is 0 Å². The van der Waals surface area contributed by atoms with E-state index in [2.05, 4.69) is 17.1 Å². The third-order valence-electron chi connectivity index (χ3n) is 5.97. The van der Waals surface area contributed by atoms with Crippen LogP contribution >= 0.6 is 11.3 Å². The predicted molar refractivity (Wildman–Crippen MR) is 115 cm³/mol. The first-order valence-electron chi connectivity index (χ1n) is 10.5. The van der Waals surface area contributed by atoms with E-state index in [0.29, 0.717) is 25.6 Å². The first kappa shape index (κ1) is 20.3. The molecule has 2 aromatic rings. The summed E-state index contributed by atoms with van der Waals surface area (Å²) in [4.78, 5) is 23.4. The second kappa shape index (κ2) is 8.79. The Hall–Kier alpha value is -1.99. The van der Waals surface area contributed by atoms with Crippen LogP contribution < -0.4 is 10.2 Å². The van der Waals surface area contributed by atoms with Gasteiger partial charge in [0.05, 0.1) is 18.7 Å². The van der Waals surface area contributed by atoms with E-state index in [0.717, 1.165) is 48.0 Å². The van der Waals surface area contributed by atoms with Gasteiger partial charge in [-0.1, -0.05) is 24.3 Å². The average Bonchev–Trinajstić information content (AvgIpc) is 3.33. The van der Waals surface area contributed by atoms with Gasteiger partial charge in [0.25, 0.3) is 0 Å². The fourth-order valence-corrected chi connectivity index (χ4v) is 5.48. The number of nitrogens with zero attached hydrogens (tertiary/aromatic N) is 3. The zero-order valence-corrected chi connectivity index (χ0v) is 18.0. The molecule has 1 N–H and O–H groups in total. The monoisotopic (exact) mass is 416 g/mol. The molecule has 0 saturated carbocycles. The summed E-state index contributed by atoms with van der Waals surface area (Å²) < 4.78 is 13.3. The molecule has 1 amide bonds. The van der Waals surface area contributed by atoms with Crippen molar-refractivity contribution in [2.24, 2.45) is 0 Å². The molecule has 0 bridgehead atoms. The molecule has 2 aliphatic rings. The number of carbonyl (C=O) groups excluding carboxylic acids is 1. The summed E-state index contributed by atoms with van der Waals surface area (Å²) in [6, 6.07) is 5.16. The van der Waals surface area contributed by atoms with E-state index in [1.54, 1.807) is 17.4 Å². The Morgan fingerprint density at radius 3 is 3.03 bits per heavy atom. The Morgan fingerprint density at radius 1 is 1.38 bits per heavy atom. The Balaban J connectivity index is 1.43. The highest BCUT2D eigenvalue weighted by Gasteiger charge is 2.30. The van der Waals surface area contributed by atoms with Crippen molar-refractivity contribution in [3.63, 3.8) is 0 Å². The molecule has 5 nitrogen and oxygen atoms in total. The van der Waals surface area contributed by atoms with Crippen LogP contribution in [0.15, 0.2) is 18.2 Å². The number of anilines is 1. The molecular formula is C22H29FN4OS. The SMILES string of the molecule is CCNCC1CCCN1c1nc2c(s1)CN(C(=O)Cc1ccc(F)cc1C)CC2. The van der Waals surface area contributed by atoms with Crippen LogP contribution in [0.4, 0.5) is 9.52 Å². The molecule has 1 unspecified atom stereocenters. The molecule has 0 spiro atoms. The van der Waals surface area contributed by atoms with Gasteiger partial charge in [0, 0.05) is 37.0 Å².